The van der Waals surface area contributed by atoms with Crippen LogP contribution in [0.2, 0.25) is 0 Å². The molecule has 0 aromatic heterocycles. The first kappa shape index (κ1) is 12.4. The minimum atomic E-state index is -0.997. The first-order valence-electron chi connectivity index (χ1n) is 7.26. The van der Waals surface area contributed by atoms with Gasteiger partial charge in [-0.3, -0.25) is 14.5 Å². The second kappa shape index (κ2) is 3.77. The molecule has 4 aliphatic rings. The van der Waals surface area contributed by atoms with Crippen molar-refractivity contribution in [3.05, 3.63) is 42.0 Å². The normalized spacial score (nSPS) is 40.5. The smallest absolute Gasteiger partial charge is 0.310 e. The van der Waals surface area contributed by atoms with Crippen molar-refractivity contribution in [1.29, 1.82) is 0 Å². The zero-order valence-corrected chi connectivity index (χ0v) is 11.5. The maximum atomic E-state index is 13.0. The van der Waals surface area contributed by atoms with E-state index >= 15 is 0 Å². The molecule has 22 heavy (non-hydrogen) atoms. The van der Waals surface area contributed by atoms with Gasteiger partial charge in [0, 0.05) is 5.56 Å². The summed E-state index contributed by atoms with van der Waals surface area (Å²) in [6, 6.07) is 7.53. The number of ether oxygens (including phenoxy) is 2. The Labute approximate surface area is 125 Å². The molecule has 1 amide bonds. The van der Waals surface area contributed by atoms with Gasteiger partial charge >= 0.3 is 5.97 Å². The second-order valence-electron chi connectivity index (χ2n) is 6.14. The van der Waals surface area contributed by atoms with Crippen molar-refractivity contribution in [1.82, 2.24) is 0 Å². The molecule has 5 rings (SSSR count). The van der Waals surface area contributed by atoms with Crippen molar-refractivity contribution in [2.24, 2.45) is 11.8 Å². The van der Waals surface area contributed by atoms with E-state index in [9.17, 15) is 14.7 Å². The summed E-state index contributed by atoms with van der Waals surface area (Å²) in [6.07, 6.45) is 2.42. The third-order valence-corrected chi connectivity index (χ3v) is 5.14. The Morgan fingerprint density at radius 2 is 2.18 bits per heavy atom. The lowest BCUT2D eigenvalue weighted by Gasteiger charge is -2.37. The van der Waals surface area contributed by atoms with Crippen LogP contribution in [0.4, 0.5) is 5.69 Å². The fraction of sp³-hybridized carbons (Fsp3) is 0.375. The molecule has 112 valence electrons. The maximum Gasteiger partial charge on any atom is 0.310 e. The average molecular weight is 299 g/mol. The van der Waals surface area contributed by atoms with Gasteiger partial charge in [-0.15, -0.1) is 0 Å². The molecule has 2 saturated heterocycles. The van der Waals surface area contributed by atoms with E-state index in [1.807, 2.05) is 30.3 Å². The standard InChI is InChI=1S/C16H13NO5/c18-13-12-11(14(19)20)10-5-6-16(12,22-10)15-17(13)9-4-2-1-3-8(9)7-21-15/h1-6,10-12,15H,7H2,(H,19,20)/t10-,11-,12-,15-,16-/m1/s1. The molecule has 1 N–H and O–H groups in total. The number of amides is 1. The summed E-state index contributed by atoms with van der Waals surface area (Å²) in [5.41, 5.74) is 0.740. The number of fused-ring (bicyclic) bond motifs is 4. The van der Waals surface area contributed by atoms with Gasteiger partial charge in [-0.25, -0.2) is 0 Å². The molecule has 1 spiro atoms. The van der Waals surface area contributed by atoms with Gasteiger partial charge in [0.25, 0.3) is 0 Å². The highest BCUT2D eigenvalue weighted by Crippen LogP contribution is 2.57. The van der Waals surface area contributed by atoms with E-state index in [1.54, 1.807) is 11.0 Å². The largest absolute Gasteiger partial charge is 0.481 e. The molecule has 0 aliphatic carbocycles. The van der Waals surface area contributed by atoms with Gasteiger partial charge in [0.15, 0.2) is 6.23 Å². The molecular formula is C16H13NO5. The summed E-state index contributed by atoms with van der Waals surface area (Å²) < 4.78 is 11.8. The molecule has 2 bridgehead atoms. The molecule has 0 saturated carbocycles. The number of carboxylic acid groups (broad SMARTS) is 1. The summed E-state index contributed by atoms with van der Waals surface area (Å²) in [7, 11) is 0. The highest BCUT2D eigenvalue weighted by Gasteiger charge is 2.72. The number of carboxylic acids is 1. The summed E-state index contributed by atoms with van der Waals surface area (Å²) in [5.74, 6) is -2.80. The van der Waals surface area contributed by atoms with Crippen LogP contribution in [0, 0.1) is 11.8 Å². The SMILES string of the molecule is O=C(O)[C@@H]1[C@H]2C=C[C@@]3(O2)[C@H]1C(=O)N1c2ccccc2CO[C@@H]13. The highest BCUT2D eigenvalue weighted by atomic mass is 16.6. The quantitative estimate of drug-likeness (QED) is 0.780. The van der Waals surface area contributed by atoms with Crippen molar-refractivity contribution in [2.45, 2.75) is 24.5 Å². The number of hydrogen-bond donors (Lipinski definition) is 1. The molecule has 0 unspecified atom stereocenters. The lowest BCUT2D eigenvalue weighted by atomic mass is 9.76. The molecule has 6 heteroatoms. The summed E-state index contributed by atoms with van der Waals surface area (Å²) in [6.45, 7) is 0.388. The van der Waals surface area contributed by atoms with E-state index in [-0.39, 0.29) is 5.91 Å². The Bertz CT molecular complexity index is 744. The molecular weight excluding hydrogens is 286 g/mol. The van der Waals surface area contributed by atoms with Crippen LogP contribution in [0.15, 0.2) is 36.4 Å². The van der Waals surface area contributed by atoms with Crippen LogP contribution in [0.5, 0.6) is 0 Å². The molecule has 5 atom stereocenters. The van der Waals surface area contributed by atoms with Crippen LogP contribution in [-0.2, 0) is 25.7 Å². The zero-order chi connectivity index (χ0) is 15.1. The summed E-state index contributed by atoms with van der Waals surface area (Å²) in [4.78, 5) is 26.1. The van der Waals surface area contributed by atoms with Gasteiger partial charge < -0.3 is 14.6 Å². The molecule has 1 aromatic carbocycles. The molecule has 4 heterocycles. The number of carbonyl (C=O) groups is 2. The van der Waals surface area contributed by atoms with Crippen LogP contribution in [0.1, 0.15) is 5.56 Å². The average Bonchev–Trinajstić information content (AvgIpc) is 3.16. The Balaban J connectivity index is 1.69. The number of carbonyl (C=O) groups excluding carboxylic acids is 1. The fourth-order valence-electron chi connectivity index (χ4n) is 4.28. The minimum absolute atomic E-state index is 0.226. The van der Waals surface area contributed by atoms with E-state index in [4.69, 9.17) is 9.47 Å². The number of rotatable bonds is 1. The van der Waals surface area contributed by atoms with Gasteiger partial charge in [0.1, 0.15) is 11.5 Å². The van der Waals surface area contributed by atoms with Crippen molar-refractivity contribution in [2.75, 3.05) is 4.90 Å². The number of para-hydroxylation sites is 1. The van der Waals surface area contributed by atoms with Crippen molar-refractivity contribution >= 4 is 17.6 Å². The van der Waals surface area contributed by atoms with E-state index in [0.717, 1.165) is 11.3 Å². The molecule has 2 fully saturated rings. The van der Waals surface area contributed by atoms with Gasteiger partial charge in [0.05, 0.1) is 24.3 Å². The van der Waals surface area contributed by atoms with Gasteiger partial charge in [-0.2, -0.15) is 0 Å². The number of benzene rings is 1. The number of nitrogens with zero attached hydrogens (tertiary/aromatic N) is 1. The van der Waals surface area contributed by atoms with Crippen molar-refractivity contribution < 1.29 is 24.2 Å². The zero-order valence-electron chi connectivity index (χ0n) is 11.5. The first-order valence-corrected chi connectivity index (χ1v) is 7.26. The van der Waals surface area contributed by atoms with Crippen molar-refractivity contribution in [3.8, 4) is 0 Å². The van der Waals surface area contributed by atoms with Gasteiger partial charge in [-0.1, -0.05) is 24.3 Å². The number of hydrogen-bond acceptors (Lipinski definition) is 4. The minimum Gasteiger partial charge on any atom is -0.481 e. The van der Waals surface area contributed by atoms with Gasteiger partial charge in [-0.05, 0) is 12.1 Å². The van der Waals surface area contributed by atoms with Crippen LogP contribution >= 0.6 is 0 Å². The number of anilines is 1. The maximum absolute atomic E-state index is 13.0. The Morgan fingerprint density at radius 3 is 3.00 bits per heavy atom. The lowest BCUT2D eigenvalue weighted by Crippen LogP contribution is -2.49. The van der Waals surface area contributed by atoms with Crippen LogP contribution in [-0.4, -0.2) is 34.9 Å². The monoisotopic (exact) mass is 299 g/mol. The number of aliphatic carboxylic acids is 1. The topological polar surface area (TPSA) is 76.1 Å². The van der Waals surface area contributed by atoms with E-state index in [1.165, 1.54) is 0 Å². The highest BCUT2D eigenvalue weighted by molar-refractivity contribution is 6.03. The third kappa shape index (κ3) is 1.20. The van der Waals surface area contributed by atoms with Crippen LogP contribution in [0.25, 0.3) is 0 Å². The van der Waals surface area contributed by atoms with E-state index < -0.39 is 35.7 Å². The Kier molecular flexibility index (Phi) is 2.12. The summed E-state index contributed by atoms with van der Waals surface area (Å²) in [5, 5.41) is 9.50. The van der Waals surface area contributed by atoms with E-state index in [2.05, 4.69) is 0 Å². The van der Waals surface area contributed by atoms with E-state index in [0.29, 0.717) is 6.61 Å². The van der Waals surface area contributed by atoms with Crippen molar-refractivity contribution in [3.63, 3.8) is 0 Å². The van der Waals surface area contributed by atoms with Crippen LogP contribution in [0.3, 0.4) is 0 Å². The molecule has 0 radical (unpaired) electrons. The second-order valence-corrected chi connectivity index (χ2v) is 6.14. The van der Waals surface area contributed by atoms with Crippen LogP contribution < -0.4 is 4.90 Å². The van der Waals surface area contributed by atoms with Gasteiger partial charge in [0.2, 0.25) is 5.91 Å². The molecule has 1 aromatic rings. The lowest BCUT2D eigenvalue weighted by molar-refractivity contribution is -0.146. The summed E-state index contributed by atoms with van der Waals surface area (Å²) >= 11 is 0. The predicted molar refractivity (Wildman–Crippen MR) is 73.9 cm³/mol. The Hall–Kier alpha value is -2.18. The predicted octanol–water partition coefficient (Wildman–Crippen LogP) is 0.914. The fourth-order valence-corrected chi connectivity index (χ4v) is 4.28. The molecule has 4 aliphatic heterocycles. The Morgan fingerprint density at radius 1 is 1.36 bits per heavy atom. The first-order chi connectivity index (χ1) is 10.6. The third-order valence-electron chi connectivity index (χ3n) is 5.14. The molecule has 6 nitrogen and oxygen atoms in total.